The molecule has 0 amide bonds. The Morgan fingerprint density at radius 3 is 3.00 bits per heavy atom. The highest BCUT2D eigenvalue weighted by Crippen LogP contribution is 2.23. The van der Waals surface area contributed by atoms with Crippen LogP contribution < -0.4 is 5.32 Å². The molecule has 0 saturated heterocycles. The van der Waals surface area contributed by atoms with Gasteiger partial charge in [0.2, 0.25) is 5.13 Å². The molecule has 0 aliphatic heterocycles. The van der Waals surface area contributed by atoms with Crippen molar-refractivity contribution >= 4 is 16.5 Å². The van der Waals surface area contributed by atoms with Gasteiger partial charge < -0.3 is 10.4 Å². The molecule has 2 rings (SSSR count). The van der Waals surface area contributed by atoms with E-state index in [-0.39, 0.29) is 6.61 Å². The van der Waals surface area contributed by atoms with Crippen LogP contribution in [0.2, 0.25) is 0 Å². The van der Waals surface area contributed by atoms with Gasteiger partial charge >= 0.3 is 0 Å². The Balaban J connectivity index is 2.14. The van der Waals surface area contributed by atoms with E-state index in [0.29, 0.717) is 22.4 Å². The van der Waals surface area contributed by atoms with Gasteiger partial charge in [-0.05, 0) is 0 Å². The highest BCUT2D eigenvalue weighted by atomic mass is 32.1. The van der Waals surface area contributed by atoms with E-state index in [1.54, 1.807) is 18.6 Å². The lowest BCUT2D eigenvalue weighted by molar-refractivity contribution is 0.311. The van der Waals surface area contributed by atoms with Crippen molar-refractivity contribution in [1.29, 1.82) is 0 Å². The van der Waals surface area contributed by atoms with Gasteiger partial charge in [0.25, 0.3) is 0 Å². The van der Waals surface area contributed by atoms with Crippen molar-refractivity contribution in [3.63, 3.8) is 0 Å². The predicted octanol–water partition coefficient (Wildman–Crippen LogP) is 0.399. The van der Waals surface area contributed by atoms with Crippen LogP contribution in [0.25, 0.3) is 10.7 Å². The number of nitrogens with zero attached hydrogens (tertiary/aromatic N) is 4. The second-order valence-corrected chi connectivity index (χ2v) is 3.63. The van der Waals surface area contributed by atoms with Crippen LogP contribution in [-0.4, -0.2) is 38.4 Å². The van der Waals surface area contributed by atoms with Gasteiger partial charge in [-0.2, -0.15) is 0 Å². The third-order valence-electron chi connectivity index (χ3n) is 1.60. The summed E-state index contributed by atoms with van der Waals surface area (Å²) in [6.07, 6.45) is 4.85. The molecule has 0 radical (unpaired) electrons. The van der Waals surface area contributed by atoms with E-state index < -0.39 is 0 Å². The Hall–Kier alpha value is -1.60. The molecule has 2 aromatic rings. The van der Waals surface area contributed by atoms with Crippen LogP contribution in [0, 0.1) is 0 Å². The molecule has 15 heavy (non-hydrogen) atoms. The van der Waals surface area contributed by atoms with Gasteiger partial charge in [0.1, 0.15) is 5.69 Å². The third-order valence-corrected chi connectivity index (χ3v) is 2.50. The molecule has 78 valence electrons. The van der Waals surface area contributed by atoms with E-state index in [0.717, 1.165) is 0 Å². The number of aromatic nitrogens is 4. The average Bonchev–Trinajstić information content (AvgIpc) is 2.76. The monoisotopic (exact) mass is 223 g/mol. The van der Waals surface area contributed by atoms with E-state index in [4.69, 9.17) is 5.11 Å². The topological polar surface area (TPSA) is 83.8 Å². The summed E-state index contributed by atoms with van der Waals surface area (Å²) in [4.78, 5) is 8.06. The maximum absolute atomic E-state index is 8.62. The number of hydrogen-bond donors (Lipinski definition) is 2. The lowest BCUT2D eigenvalue weighted by atomic mass is 10.5. The minimum absolute atomic E-state index is 0.0695. The molecule has 6 nitrogen and oxygen atoms in total. The van der Waals surface area contributed by atoms with Gasteiger partial charge in [-0.3, -0.25) is 9.97 Å². The summed E-state index contributed by atoms with van der Waals surface area (Å²) in [5.74, 6) is 0. The first-order valence-electron chi connectivity index (χ1n) is 4.35. The molecule has 0 spiro atoms. The lowest BCUT2D eigenvalue weighted by Gasteiger charge is -1.95. The van der Waals surface area contributed by atoms with Crippen LogP contribution in [0.5, 0.6) is 0 Å². The van der Waals surface area contributed by atoms with E-state index in [2.05, 4.69) is 25.5 Å². The fourth-order valence-corrected chi connectivity index (χ4v) is 1.70. The fraction of sp³-hybridized carbons (Fsp3) is 0.250. The molecular weight excluding hydrogens is 214 g/mol. The summed E-state index contributed by atoms with van der Waals surface area (Å²) in [5.41, 5.74) is 0.701. The van der Waals surface area contributed by atoms with Gasteiger partial charge in [0, 0.05) is 18.9 Å². The number of nitrogens with one attached hydrogen (secondary N) is 1. The zero-order chi connectivity index (χ0) is 10.5. The zero-order valence-electron chi connectivity index (χ0n) is 7.79. The van der Waals surface area contributed by atoms with E-state index >= 15 is 0 Å². The first-order valence-corrected chi connectivity index (χ1v) is 5.16. The van der Waals surface area contributed by atoms with E-state index in [1.165, 1.54) is 11.3 Å². The minimum Gasteiger partial charge on any atom is -0.395 e. The van der Waals surface area contributed by atoms with Crippen LogP contribution in [0.15, 0.2) is 18.6 Å². The Kier molecular flexibility index (Phi) is 3.15. The van der Waals surface area contributed by atoms with E-state index in [1.807, 2.05) is 0 Å². The maximum Gasteiger partial charge on any atom is 0.206 e. The van der Waals surface area contributed by atoms with Crippen molar-refractivity contribution in [2.75, 3.05) is 18.5 Å². The Bertz CT molecular complexity index is 418. The van der Waals surface area contributed by atoms with Crippen LogP contribution in [0.4, 0.5) is 5.13 Å². The summed E-state index contributed by atoms with van der Waals surface area (Å²) in [6, 6.07) is 0. The highest BCUT2D eigenvalue weighted by Gasteiger charge is 2.06. The average molecular weight is 223 g/mol. The molecule has 7 heteroatoms. The first kappa shape index (κ1) is 9.94. The summed E-state index contributed by atoms with van der Waals surface area (Å²) < 4.78 is 0. The Morgan fingerprint density at radius 2 is 2.27 bits per heavy atom. The molecular formula is C8H9N5OS. The number of aliphatic hydroxyl groups excluding tert-OH is 1. The third kappa shape index (κ3) is 2.45. The molecule has 0 saturated carbocycles. The molecule has 0 aromatic carbocycles. The number of rotatable bonds is 4. The second kappa shape index (κ2) is 4.76. The fourth-order valence-electron chi connectivity index (χ4n) is 0.971. The van der Waals surface area contributed by atoms with Crippen molar-refractivity contribution < 1.29 is 5.11 Å². The van der Waals surface area contributed by atoms with Gasteiger partial charge in [0.15, 0.2) is 5.01 Å². The molecule has 0 bridgehead atoms. The molecule has 2 N–H and O–H groups in total. The van der Waals surface area contributed by atoms with Crippen LogP contribution in [0.1, 0.15) is 0 Å². The zero-order valence-corrected chi connectivity index (χ0v) is 8.61. The van der Waals surface area contributed by atoms with Crippen molar-refractivity contribution in [2.45, 2.75) is 0 Å². The molecule has 2 heterocycles. The van der Waals surface area contributed by atoms with Gasteiger partial charge in [-0.25, -0.2) is 0 Å². The SMILES string of the molecule is OCCNc1nnc(-c2cnccn2)s1. The Labute approximate surface area is 90.0 Å². The van der Waals surface area contributed by atoms with Crippen molar-refractivity contribution in [3.8, 4) is 10.7 Å². The van der Waals surface area contributed by atoms with Crippen molar-refractivity contribution in [1.82, 2.24) is 20.2 Å². The predicted molar refractivity (Wildman–Crippen MR) is 56.5 cm³/mol. The van der Waals surface area contributed by atoms with Crippen LogP contribution in [0.3, 0.4) is 0 Å². The molecule has 0 aliphatic rings. The normalized spacial score (nSPS) is 10.2. The first-order chi connectivity index (χ1) is 7.40. The molecule has 0 aliphatic carbocycles. The molecule has 0 fully saturated rings. The van der Waals surface area contributed by atoms with Crippen molar-refractivity contribution in [3.05, 3.63) is 18.6 Å². The number of anilines is 1. The van der Waals surface area contributed by atoms with Gasteiger partial charge in [-0.1, -0.05) is 11.3 Å². The van der Waals surface area contributed by atoms with E-state index in [9.17, 15) is 0 Å². The summed E-state index contributed by atoms with van der Waals surface area (Å²) in [6.45, 7) is 0.537. The van der Waals surface area contributed by atoms with Crippen molar-refractivity contribution in [2.24, 2.45) is 0 Å². The molecule has 0 atom stereocenters. The maximum atomic E-state index is 8.62. The number of hydrogen-bond acceptors (Lipinski definition) is 7. The van der Waals surface area contributed by atoms with Gasteiger partial charge in [-0.15, -0.1) is 10.2 Å². The lowest BCUT2D eigenvalue weighted by Crippen LogP contribution is -2.04. The Morgan fingerprint density at radius 1 is 1.33 bits per heavy atom. The summed E-state index contributed by atoms with van der Waals surface area (Å²) >= 11 is 1.38. The molecule has 2 aromatic heterocycles. The van der Waals surface area contributed by atoms with Gasteiger partial charge in [0.05, 0.1) is 12.8 Å². The largest absolute Gasteiger partial charge is 0.395 e. The quantitative estimate of drug-likeness (QED) is 0.780. The second-order valence-electron chi connectivity index (χ2n) is 2.65. The number of aliphatic hydroxyl groups is 1. The summed E-state index contributed by atoms with van der Waals surface area (Å²) in [7, 11) is 0. The highest BCUT2D eigenvalue weighted by molar-refractivity contribution is 7.18. The minimum atomic E-state index is 0.0695. The standard InChI is InChI=1S/C8H9N5OS/c14-4-3-11-8-13-12-7(15-8)6-5-9-1-2-10-6/h1-2,5,14H,3-4H2,(H,11,13). The summed E-state index contributed by atoms with van der Waals surface area (Å²) in [5, 5.41) is 20.8. The smallest absolute Gasteiger partial charge is 0.206 e. The molecule has 0 unspecified atom stereocenters. The van der Waals surface area contributed by atoms with Crippen LogP contribution in [-0.2, 0) is 0 Å². The van der Waals surface area contributed by atoms with Crippen LogP contribution >= 0.6 is 11.3 Å².